The Hall–Kier alpha value is -2.29. The van der Waals surface area contributed by atoms with Crippen molar-refractivity contribution in [1.29, 1.82) is 0 Å². The van der Waals surface area contributed by atoms with Crippen LogP contribution >= 0.6 is 0 Å². The standard InChI is InChI=1S/C16H14N2O/c1-11-10-12-6-2-4-8-14(12)18(11)16-17-13-7-3-5-9-15(13)19-16/h2-9,11H,10H2,1H3/t11-/m0/s1. The average molecular weight is 250 g/mol. The number of hydrogen-bond donors (Lipinski definition) is 0. The van der Waals surface area contributed by atoms with Crippen molar-refractivity contribution in [3.05, 3.63) is 54.1 Å². The molecule has 1 aliphatic rings. The van der Waals surface area contributed by atoms with Crippen LogP contribution in [0.4, 0.5) is 11.7 Å². The Kier molecular flexibility index (Phi) is 2.15. The van der Waals surface area contributed by atoms with E-state index in [0.717, 1.165) is 17.5 Å². The second-order valence-electron chi connectivity index (χ2n) is 5.02. The molecule has 2 heterocycles. The molecule has 0 fully saturated rings. The summed E-state index contributed by atoms with van der Waals surface area (Å²) < 4.78 is 5.89. The lowest BCUT2D eigenvalue weighted by atomic mass is 10.1. The fraction of sp³-hybridized carbons (Fsp3) is 0.188. The minimum absolute atomic E-state index is 0.380. The van der Waals surface area contributed by atoms with Crippen molar-refractivity contribution in [2.75, 3.05) is 4.90 Å². The number of fused-ring (bicyclic) bond motifs is 2. The van der Waals surface area contributed by atoms with Crippen molar-refractivity contribution < 1.29 is 4.42 Å². The number of benzene rings is 2. The molecule has 3 nitrogen and oxygen atoms in total. The van der Waals surface area contributed by atoms with Crippen LogP contribution in [0.25, 0.3) is 11.1 Å². The Bertz CT molecular complexity index is 714. The molecule has 1 atom stereocenters. The summed E-state index contributed by atoms with van der Waals surface area (Å²) in [5, 5.41) is 0. The van der Waals surface area contributed by atoms with E-state index >= 15 is 0 Å². The first-order chi connectivity index (χ1) is 9.33. The number of rotatable bonds is 1. The first kappa shape index (κ1) is 10.6. The van der Waals surface area contributed by atoms with E-state index in [9.17, 15) is 0 Å². The van der Waals surface area contributed by atoms with E-state index in [0.29, 0.717) is 12.1 Å². The zero-order valence-corrected chi connectivity index (χ0v) is 10.7. The van der Waals surface area contributed by atoms with Gasteiger partial charge < -0.3 is 4.42 Å². The highest BCUT2D eigenvalue weighted by Crippen LogP contribution is 2.38. The van der Waals surface area contributed by atoms with Crippen LogP contribution in [0.2, 0.25) is 0 Å². The number of hydrogen-bond acceptors (Lipinski definition) is 3. The van der Waals surface area contributed by atoms with Gasteiger partial charge >= 0.3 is 6.01 Å². The van der Waals surface area contributed by atoms with Crippen LogP contribution in [0.3, 0.4) is 0 Å². The summed E-state index contributed by atoms with van der Waals surface area (Å²) in [6.07, 6.45) is 1.04. The second kappa shape index (κ2) is 3.85. The lowest BCUT2D eigenvalue weighted by Crippen LogP contribution is -2.24. The van der Waals surface area contributed by atoms with Gasteiger partial charge in [-0.3, -0.25) is 4.90 Å². The van der Waals surface area contributed by atoms with Crippen molar-refractivity contribution in [1.82, 2.24) is 4.98 Å². The molecule has 0 amide bonds. The Morgan fingerprint density at radius 1 is 1.11 bits per heavy atom. The molecule has 3 aromatic rings. The van der Waals surface area contributed by atoms with Gasteiger partial charge in [-0.15, -0.1) is 0 Å². The van der Waals surface area contributed by atoms with Gasteiger partial charge in [0, 0.05) is 11.7 Å². The maximum absolute atomic E-state index is 5.89. The third kappa shape index (κ3) is 1.55. The number of anilines is 2. The Morgan fingerprint density at radius 3 is 2.79 bits per heavy atom. The lowest BCUT2D eigenvalue weighted by Gasteiger charge is -2.19. The molecule has 4 rings (SSSR count). The summed E-state index contributed by atoms with van der Waals surface area (Å²) in [7, 11) is 0. The fourth-order valence-corrected chi connectivity index (χ4v) is 2.82. The monoisotopic (exact) mass is 250 g/mol. The smallest absolute Gasteiger partial charge is 0.303 e. The van der Waals surface area contributed by atoms with Crippen molar-refractivity contribution >= 4 is 22.8 Å². The summed E-state index contributed by atoms with van der Waals surface area (Å²) in [5.74, 6) is 0. The maximum Gasteiger partial charge on any atom is 0.303 e. The van der Waals surface area contributed by atoms with Crippen molar-refractivity contribution in [2.45, 2.75) is 19.4 Å². The largest absolute Gasteiger partial charge is 0.423 e. The highest BCUT2D eigenvalue weighted by atomic mass is 16.4. The van der Waals surface area contributed by atoms with Gasteiger partial charge in [0.1, 0.15) is 5.52 Å². The molecule has 3 heteroatoms. The predicted molar refractivity (Wildman–Crippen MR) is 75.8 cm³/mol. The molecule has 0 saturated carbocycles. The molecule has 0 saturated heterocycles. The summed E-state index contributed by atoms with van der Waals surface area (Å²) in [4.78, 5) is 6.79. The third-order valence-corrected chi connectivity index (χ3v) is 3.70. The van der Waals surface area contributed by atoms with Crippen LogP contribution < -0.4 is 4.90 Å². The van der Waals surface area contributed by atoms with Crippen molar-refractivity contribution in [3.8, 4) is 0 Å². The van der Waals surface area contributed by atoms with Gasteiger partial charge in [0.2, 0.25) is 0 Å². The van der Waals surface area contributed by atoms with E-state index < -0.39 is 0 Å². The first-order valence-corrected chi connectivity index (χ1v) is 6.55. The van der Waals surface area contributed by atoms with E-state index in [2.05, 4.69) is 41.1 Å². The van der Waals surface area contributed by atoms with Crippen LogP contribution in [-0.4, -0.2) is 11.0 Å². The number of oxazole rings is 1. The van der Waals surface area contributed by atoms with Crippen LogP contribution in [0.1, 0.15) is 12.5 Å². The molecule has 0 radical (unpaired) electrons. The van der Waals surface area contributed by atoms with E-state index in [1.807, 2.05) is 24.3 Å². The van der Waals surface area contributed by atoms with Gasteiger partial charge in [0.05, 0.1) is 0 Å². The van der Waals surface area contributed by atoms with E-state index in [-0.39, 0.29) is 0 Å². The lowest BCUT2D eigenvalue weighted by molar-refractivity contribution is 0.573. The Labute approximate surface area is 111 Å². The van der Waals surface area contributed by atoms with E-state index in [1.165, 1.54) is 11.3 Å². The summed E-state index contributed by atoms with van der Waals surface area (Å²) in [6.45, 7) is 2.20. The molecule has 1 aliphatic heterocycles. The van der Waals surface area contributed by atoms with E-state index in [1.54, 1.807) is 0 Å². The molecule has 0 aliphatic carbocycles. The molecule has 94 valence electrons. The highest BCUT2D eigenvalue weighted by molar-refractivity contribution is 5.77. The van der Waals surface area contributed by atoms with Crippen LogP contribution in [-0.2, 0) is 6.42 Å². The normalized spacial score (nSPS) is 17.9. The zero-order valence-electron chi connectivity index (χ0n) is 10.7. The van der Waals surface area contributed by atoms with Gasteiger partial charge in [-0.05, 0) is 37.1 Å². The molecule has 0 unspecified atom stereocenters. The number of nitrogens with zero attached hydrogens (tertiary/aromatic N) is 2. The van der Waals surface area contributed by atoms with Crippen LogP contribution in [0.15, 0.2) is 52.9 Å². The summed E-state index contributed by atoms with van der Waals surface area (Å²) in [5.41, 5.74) is 4.32. The Morgan fingerprint density at radius 2 is 1.89 bits per heavy atom. The van der Waals surface area contributed by atoms with Crippen molar-refractivity contribution in [2.24, 2.45) is 0 Å². The molecular formula is C16H14N2O. The molecular weight excluding hydrogens is 236 g/mol. The van der Waals surface area contributed by atoms with E-state index in [4.69, 9.17) is 4.42 Å². The number of aromatic nitrogens is 1. The quantitative estimate of drug-likeness (QED) is 0.655. The average Bonchev–Trinajstić information content (AvgIpc) is 2.97. The molecule has 0 spiro atoms. The topological polar surface area (TPSA) is 29.3 Å². The fourth-order valence-electron chi connectivity index (χ4n) is 2.82. The van der Waals surface area contributed by atoms with Gasteiger partial charge in [-0.1, -0.05) is 30.3 Å². The summed E-state index contributed by atoms with van der Waals surface area (Å²) in [6, 6.07) is 17.4. The minimum atomic E-state index is 0.380. The Balaban J connectivity index is 1.87. The molecule has 19 heavy (non-hydrogen) atoms. The molecule has 0 bridgehead atoms. The predicted octanol–water partition coefficient (Wildman–Crippen LogP) is 3.91. The second-order valence-corrected chi connectivity index (χ2v) is 5.02. The minimum Gasteiger partial charge on any atom is -0.423 e. The maximum atomic E-state index is 5.89. The SMILES string of the molecule is C[C@H]1Cc2ccccc2N1c1nc2ccccc2o1. The van der Waals surface area contributed by atoms with Gasteiger partial charge in [-0.2, -0.15) is 4.98 Å². The molecule has 1 aromatic heterocycles. The zero-order chi connectivity index (χ0) is 12.8. The van der Waals surface area contributed by atoms with Gasteiger partial charge in [0.15, 0.2) is 5.58 Å². The van der Waals surface area contributed by atoms with Gasteiger partial charge in [-0.25, -0.2) is 0 Å². The first-order valence-electron chi connectivity index (χ1n) is 6.55. The third-order valence-electron chi connectivity index (χ3n) is 3.70. The summed E-state index contributed by atoms with van der Waals surface area (Å²) >= 11 is 0. The van der Waals surface area contributed by atoms with Crippen molar-refractivity contribution in [3.63, 3.8) is 0 Å². The van der Waals surface area contributed by atoms with Crippen LogP contribution in [0.5, 0.6) is 0 Å². The molecule has 2 aromatic carbocycles. The number of para-hydroxylation sites is 3. The van der Waals surface area contributed by atoms with Crippen LogP contribution in [0, 0.1) is 0 Å². The highest BCUT2D eigenvalue weighted by Gasteiger charge is 2.30. The molecule has 0 N–H and O–H groups in total. The van der Waals surface area contributed by atoms with Gasteiger partial charge in [0.25, 0.3) is 0 Å².